The molecule has 0 saturated heterocycles. The lowest BCUT2D eigenvalue weighted by atomic mass is 10.3. The fourth-order valence-electron chi connectivity index (χ4n) is 1.40. The molecule has 0 amide bonds. The van der Waals surface area contributed by atoms with Gasteiger partial charge in [-0.25, -0.2) is 0 Å². The molecular weight excluding hydrogens is 326 g/mol. The van der Waals surface area contributed by atoms with E-state index in [0.29, 0.717) is 10.9 Å². The summed E-state index contributed by atoms with van der Waals surface area (Å²) >= 11 is 8.51. The number of anilines is 1. The summed E-state index contributed by atoms with van der Waals surface area (Å²) in [4.78, 5) is 0. The van der Waals surface area contributed by atoms with Gasteiger partial charge in [0.2, 0.25) is 0 Å². The van der Waals surface area contributed by atoms with Crippen molar-refractivity contribution < 1.29 is 4.42 Å². The maximum atomic E-state index is 5.34. The van der Waals surface area contributed by atoms with Gasteiger partial charge >= 0.3 is 0 Å². The molecule has 6 heteroatoms. The van der Waals surface area contributed by atoms with E-state index in [9.17, 15) is 0 Å². The third kappa shape index (κ3) is 4.50. The predicted molar refractivity (Wildman–Crippen MR) is 84.5 cm³/mol. The lowest BCUT2D eigenvalue weighted by Gasteiger charge is -2.06. The molecule has 2 aromatic rings. The highest BCUT2D eigenvalue weighted by Crippen LogP contribution is 2.15. The van der Waals surface area contributed by atoms with E-state index in [1.54, 1.807) is 6.21 Å². The minimum Gasteiger partial charge on any atom is -0.460 e. The largest absolute Gasteiger partial charge is 0.460 e. The summed E-state index contributed by atoms with van der Waals surface area (Å²) in [6, 6.07) is 11.4. The molecule has 0 spiro atoms. The van der Waals surface area contributed by atoms with Gasteiger partial charge in [0.05, 0.1) is 6.21 Å². The topological polar surface area (TPSA) is 49.6 Å². The molecule has 1 aromatic carbocycles. The van der Waals surface area contributed by atoms with Crippen molar-refractivity contribution >= 4 is 45.2 Å². The molecule has 0 aliphatic rings. The molecule has 0 aliphatic carbocycles. The van der Waals surface area contributed by atoms with Gasteiger partial charge in [0, 0.05) is 10.2 Å². The van der Waals surface area contributed by atoms with Crippen LogP contribution in [-0.4, -0.2) is 11.3 Å². The number of nitrogens with zero attached hydrogens (tertiary/aromatic N) is 1. The average Bonchev–Trinajstić information content (AvgIpc) is 2.75. The summed E-state index contributed by atoms with van der Waals surface area (Å²) in [6.07, 6.45) is 1.57. The monoisotopic (exact) mass is 337 g/mol. The molecule has 0 saturated carbocycles. The average molecular weight is 338 g/mol. The number of aryl methyl sites for hydroxylation is 1. The van der Waals surface area contributed by atoms with Gasteiger partial charge in [0.25, 0.3) is 0 Å². The molecule has 19 heavy (non-hydrogen) atoms. The van der Waals surface area contributed by atoms with Gasteiger partial charge < -0.3 is 9.73 Å². The van der Waals surface area contributed by atoms with E-state index in [1.807, 2.05) is 43.3 Å². The zero-order valence-electron chi connectivity index (χ0n) is 10.2. The molecule has 0 radical (unpaired) electrons. The Hall–Kier alpha value is -1.66. The first-order valence-corrected chi connectivity index (χ1v) is 6.76. The third-order valence-electron chi connectivity index (χ3n) is 2.20. The van der Waals surface area contributed by atoms with Crippen LogP contribution in [0.5, 0.6) is 0 Å². The zero-order valence-corrected chi connectivity index (χ0v) is 12.6. The van der Waals surface area contributed by atoms with Crippen molar-refractivity contribution in [2.24, 2.45) is 5.10 Å². The molecule has 0 unspecified atom stereocenters. The number of thiocarbonyl (C=S) groups is 1. The van der Waals surface area contributed by atoms with Gasteiger partial charge in [-0.2, -0.15) is 5.10 Å². The van der Waals surface area contributed by atoms with E-state index >= 15 is 0 Å². The number of halogens is 1. The Bertz CT molecular complexity index is 609. The predicted octanol–water partition coefficient (Wildman–Crippen LogP) is 3.67. The number of benzene rings is 1. The SMILES string of the molecule is Cc1ccc(/C=N\NC(=S)Nc2cccc(Br)c2)o1. The fraction of sp³-hybridized carbons (Fsp3) is 0.0769. The Balaban J connectivity index is 1.86. The lowest BCUT2D eigenvalue weighted by molar-refractivity contribution is 0.527. The van der Waals surface area contributed by atoms with E-state index in [1.165, 1.54) is 0 Å². The Morgan fingerprint density at radius 2 is 2.21 bits per heavy atom. The third-order valence-corrected chi connectivity index (χ3v) is 2.89. The summed E-state index contributed by atoms with van der Waals surface area (Å²) in [6.45, 7) is 1.88. The Morgan fingerprint density at radius 3 is 2.89 bits per heavy atom. The van der Waals surface area contributed by atoms with Gasteiger partial charge in [-0.3, -0.25) is 5.43 Å². The van der Waals surface area contributed by atoms with Gasteiger partial charge in [-0.15, -0.1) is 0 Å². The number of hydrazone groups is 1. The van der Waals surface area contributed by atoms with Crippen molar-refractivity contribution in [1.29, 1.82) is 0 Å². The molecule has 0 aliphatic heterocycles. The number of furan rings is 1. The zero-order chi connectivity index (χ0) is 13.7. The van der Waals surface area contributed by atoms with Crippen LogP contribution in [0, 0.1) is 6.92 Å². The maximum absolute atomic E-state index is 5.34. The highest BCUT2D eigenvalue weighted by Gasteiger charge is 1.97. The highest BCUT2D eigenvalue weighted by molar-refractivity contribution is 9.10. The fourth-order valence-corrected chi connectivity index (χ4v) is 1.97. The molecule has 2 N–H and O–H groups in total. The first-order chi connectivity index (χ1) is 9.13. The van der Waals surface area contributed by atoms with Crippen molar-refractivity contribution in [2.45, 2.75) is 6.92 Å². The van der Waals surface area contributed by atoms with Crippen LogP contribution < -0.4 is 10.7 Å². The molecule has 4 nitrogen and oxygen atoms in total. The summed E-state index contributed by atoms with van der Waals surface area (Å²) < 4.78 is 6.32. The molecule has 0 fully saturated rings. The maximum Gasteiger partial charge on any atom is 0.191 e. The first-order valence-electron chi connectivity index (χ1n) is 5.55. The summed E-state index contributed by atoms with van der Waals surface area (Å²) in [7, 11) is 0. The Morgan fingerprint density at radius 1 is 1.37 bits per heavy atom. The van der Waals surface area contributed by atoms with Gasteiger partial charge in [0.15, 0.2) is 5.11 Å². The van der Waals surface area contributed by atoms with Gasteiger partial charge in [-0.1, -0.05) is 22.0 Å². The molecule has 0 atom stereocenters. The summed E-state index contributed by atoms with van der Waals surface area (Å²) in [5.41, 5.74) is 3.61. The van der Waals surface area contributed by atoms with E-state index in [0.717, 1.165) is 15.9 Å². The van der Waals surface area contributed by atoms with Gasteiger partial charge in [-0.05, 0) is 49.5 Å². The smallest absolute Gasteiger partial charge is 0.191 e. The number of rotatable bonds is 3. The van der Waals surface area contributed by atoms with Crippen LogP contribution in [0.4, 0.5) is 5.69 Å². The molecule has 1 aromatic heterocycles. The van der Waals surface area contributed by atoms with Crippen LogP contribution in [-0.2, 0) is 0 Å². The lowest BCUT2D eigenvalue weighted by Crippen LogP contribution is -2.23. The van der Waals surface area contributed by atoms with Gasteiger partial charge in [0.1, 0.15) is 11.5 Å². The van der Waals surface area contributed by atoms with Crippen LogP contribution in [0.1, 0.15) is 11.5 Å². The molecular formula is C13H12BrN3OS. The quantitative estimate of drug-likeness (QED) is 0.509. The minimum atomic E-state index is 0.414. The van der Waals surface area contributed by atoms with Crippen molar-refractivity contribution in [3.63, 3.8) is 0 Å². The van der Waals surface area contributed by atoms with E-state index < -0.39 is 0 Å². The Labute approximate surface area is 125 Å². The van der Waals surface area contributed by atoms with Crippen LogP contribution in [0.2, 0.25) is 0 Å². The van der Waals surface area contributed by atoms with E-state index in [2.05, 4.69) is 31.8 Å². The Kier molecular flexibility index (Phi) is 4.70. The van der Waals surface area contributed by atoms with Crippen molar-refractivity contribution in [3.05, 3.63) is 52.4 Å². The standard InChI is InChI=1S/C13H12BrN3OS/c1-9-5-6-12(18-9)8-15-17-13(19)16-11-4-2-3-10(14)7-11/h2-8H,1H3,(H2,16,17,19)/b15-8-. The number of hydrogen-bond acceptors (Lipinski definition) is 3. The van der Waals surface area contributed by atoms with E-state index in [-0.39, 0.29) is 0 Å². The molecule has 2 rings (SSSR count). The minimum absolute atomic E-state index is 0.414. The van der Waals surface area contributed by atoms with Crippen LogP contribution in [0.15, 0.2) is 50.4 Å². The first kappa shape index (κ1) is 13.8. The highest BCUT2D eigenvalue weighted by atomic mass is 79.9. The van der Waals surface area contributed by atoms with Crippen molar-refractivity contribution in [1.82, 2.24) is 5.43 Å². The molecule has 0 bridgehead atoms. The van der Waals surface area contributed by atoms with Crippen molar-refractivity contribution in [3.8, 4) is 0 Å². The molecule has 1 heterocycles. The van der Waals surface area contributed by atoms with E-state index in [4.69, 9.17) is 16.6 Å². The van der Waals surface area contributed by atoms with Crippen LogP contribution >= 0.6 is 28.1 Å². The van der Waals surface area contributed by atoms with Crippen LogP contribution in [0.3, 0.4) is 0 Å². The van der Waals surface area contributed by atoms with Crippen molar-refractivity contribution in [2.75, 3.05) is 5.32 Å². The second-order valence-electron chi connectivity index (χ2n) is 3.78. The second kappa shape index (κ2) is 6.49. The summed E-state index contributed by atoms with van der Waals surface area (Å²) in [5.74, 6) is 1.52. The normalized spacial score (nSPS) is 10.6. The number of hydrogen-bond donors (Lipinski definition) is 2. The van der Waals surface area contributed by atoms with Crippen LogP contribution in [0.25, 0.3) is 0 Å². The second-order valence-corrected chi connectivity index (χ2v) is 5.11. The molecule has 98 valence electrons. The summed E-state index contributed by atoms with van der Waals surface area (Å²) in [5, 5.41) is 7.42. The number of nitrogens with one attached hydrogen (secondary N) is 2.